The second-order valence-electron chi connectivity index (χ2n) is 3.49. The molecule has 0 bridgehead atoms. The smallest absolute Gasteiger partial charge is 0.253 e. The lowest BCUT2D eigenvalue weighted by atomic mass is 10.4. The molecule has 1 atom stereocenters. The number of hydrogen-bond donors (Lipinski definition) is 2. The second-order valence-corrected chi connectivity index (χ2v) is 4.82. The van der Waals surface area contributed by atoms with Gasteiger partial charge in [0.2, 0.25) is 5.91 Å². The monoisotopic (exact) mass is 273 g/mol. The van der Waals surface area contributed by atoms with Gasteiger partial charge in [-0.05, 0) is 13.8 Å². The Kier molecular flexibility index (Phi) is 5.66. The normalized spacial score (nSPS) is 11.9. The van der Waals surface area contributed by atoms with E-state index >= 15 is 0 Å². The van der Waals surface area contributed by atoms with Gasteiger partial charge in [-0.1, -0.05) is 5.16 Å². The summed E-state index contributed by atoms with van der Waals surface area (Å²) in [5.41, 5.74) is 2.17. The predicted octanol–water partition coefficient (Wildman–Crippen LogP) is 0.721. The van der Waals surface area contributed by atoms with Gasteiger partial charge in [0.1, 0.15) is 5.76 Å². The number of carbonyl (C=O) groups excluding carboxylic acids is 2. The highest BCUT2D eigenvalue weighted by Gasteiger charge is 2.16. The first-order valence-electron chi connectivity index (χ1n) is 5.20. The molecule has 0 aromatic carbocycles. The Bertz CT molecular complexity index is 421. The number of nitrogens with one attached hydrogen (secondary N) is 2. The Morgan fingerprint density at radius 2 is 2.33 bits per heavy atom. The zero-order chi connectivity index (χ0) is 13.5. The van der Waals surface area contributed by atoms with Crippen LogP contribution in [-0.4, -0.2) is 35.1 Å². The largest absolute Gasteiger partial charge is 0.360 e. The van der Waals surface area contributed by atoms with Crippen molar-refractivity contribution in [3.8, 4) is 0 Å². The number of hydroxylamine groups is 1. The highest BCUT2D eigenvalue weighted by molar-refractivity contribution is 8.01. The lowest BCUT2D eigenvalue weighted by Gasteiger charge is -2.09. The number of nitrogens with zero attached hydrogens (tertiary/aromatic N) is 1. The fourth-order valence-electron chi connectivity index (χ4n) is 1.07. The third kappa shape index (κ3) is 4.76. The first kappa shape index (κ1) is 14.5. The molecule has 1 unspecified atom stereocenters. The van der Waals surface area contributed by atoms with E-state index in [0.717, 1.165) is 0 Å². The molecule has 1 aromatic rings. The molecule has 18 heavy (non-hydrogen) atoms. The van der Waals surface area contributed by atoms with Crippen LogP contribution in [0.25, 0.3) is 0 Å². The molecule has 0 spiro atoms. The first-order chi connectivity index (χ1) is 8.52. The molecule has 0 saturated carbocycles. The van der Waals surface area contributed by atoms with Crippen molar-refractivity contribution in [3.63, 3.8) is 0 Å². The lowest BCUT2D eigenvalue weighted by molar-refractivity contribution is -0.128. The lowest BCUT2D eigenvalue weighted by Crippen LogP contribution is -2.28. The maximum Gasteiger partial charge on any atom is 0.253 e. The standard InChI is InChI=1S/C10H15N3O4S/c1-6-4-8(12-17-6)11-10(15)7(2)18-5-9(14)13-16-3/h4,7H,5H2,1-3H3,(H,13,14)(H,11,12,15). The molecule has 100 valence electrons. The van der Waals surface area contributed by atoms with Crippen LogP contribution in [0.5, 0.6) is 0 Å². The fraction of sp³-hybridized carbons (Fsp3) is 0.500. The van der Waals surface area contributed by atoms with E-state index in [-0.39, 0.29) is 22.8 Å². The van der Waals surface area contributed by atoms with Gasteiger partial charge in [0.05, 0.1) is 18.1 Å². The van der Waals surface area contributed by atoms with Gasteiger partial charge in [-0.3, -0.25) is 14.4 Å². The van der Waals surface area contributed by atoms with Crippen molar-refractivity contribution in [2.24, 2.45) is 0 Å². The van der Waals surface area contributed by atoms with Crippen LogP contribution >= 0.6 is 11.8 Å². The zero-order valence-electron chi connectivity index (χ0n) is 10.4. The molecule has 2 amide bonds. The van der Waals surface area contributed by atoms with Crippen LogP contribution in [0, 0.1) is 6.92 Å². The van der Waals surface area contributed by atoms with E-state index < -0.39 is 0 Å². The molecule has 1 rings (SSSR count). The van der Waals surface area contributed by atoms with Crippen molar-refractivity contribution in [2.75, 3.05) is 18.2 Å². The second kappa shape index (κ2) is 7.02. The van der Waals surface area contributed by atoms with Crippen molar-refractivity contribution in [3.05, 3.63) is 11.8 Å². The highest BCUT2D eigenvalue weighted by atomic mass is 32.2. The van der Waals surface area contributed by atoms with Gasteiger partial charge >= 0.3 is 0 Å². The SMILES string of the molecule is CONC(=O)CSC(C)C(=O)Nc1cc(C)on1. The summed E-state index contributed by atoms with van der Waals surface area (Å²) < 4.78 is 4.82. The number of aromatic nitrogens is 1. The summed E-state index contributed by atoms with van der Waals surface area (Å²) in [6.07, 6.45) is 0. The Labute approximate surface area is 109 Å². The topological polar surface area (TPSA) is 93.5 Å². The summed E-state index contributed by atoms with van der Waals surface area (Å²) in [5.74, 6) is 0.592. The molecule has 8 heteroatoms. The number of carbonyl (C=O) groups is 2. The number of rotatable bonds is 6. The van der Waals surface area contributed by atoms with Crippen molar-refractivity contribution < 1.29 is 18.9 Å². The van der Waals surface area contributed by atoms with Crippen LogP contribution in [-0.2, 0) is 14.4 Å². The molecular weight excluding hydrogens is 258 g/mol. The number of anilines is 1. The Balaban J connectivity index is 2.35. The average Bonchev–Trinajstić information content (AvgIpc) is 2.72. The summed E-state index contributed by atoms with van der Waals surface area (Å²) in [5, 5.41) is 5.85. The van der Waals surface area contributed by atoms with E-state index in [1.165, 1.54) is 18.9 Å². The Morgan fingerprint density at radius 1 is 1.61 bits per heavy atom. The number of amides is 2. The third-order valence-corrected chi connectivity index (χ3v) is 3.07. The number of thioether (sulfide) groups is 1. The van der Waals surface area contributed by atoms with E-state index in [1.54, 1.807) is 19.9 Å². The van der Waals surface area contributed by atoms with Crippen LogP contribution in [0.15, 0.2) is 10.6 Å². The van der Waals surface area contributed by atoms with Gasteiger partial charge in [0, 0.05) is 6.07 Å². The van der Waals surface area contributed by atoms with Crippen molar-refractivity contribution in [1.82, 2.24) is 10.6 Å². The quantitative estimate of drug-likeness (QED) is 0.742. The van der Waals surface area contributed by atoms with Crippen LogP contribution in [0.4, 0.5) is 5.82 Å². The van der Waals surface area contributed by atoms with Gasteiger partial charge < -0.3 is 9.84 Å². The van der Waals surface area contributed by atoms with E-state index in [4.69, 9.17) is 4.52 Å². The molecular formula is C10H15N3O4S. The molecule has 7 nitrogen and oxygen atoms in total. The molecule has 0 aliphatic rings. The number of aryl methyl sites for hydroxylation is 1. The molecule has 0 saturated heterocycles. The van der Waals surface area contributed by atoms with Gasteiger partial charge in [0.15, 0.2) is 5.82 Å². The maximum absolute atomic E-state index is 11.7. The van der Waals surface area contributed by atoms with Gasteiger partial charge in [-0.25, -0.2) is 5.48 Å². The van der Waals surface area contributed by atoms with Crippen molar-refractivity contribution in [2.45, 2.75) is 19.1 Å². The van der Waals surface area contributed by atoms with Gasteiger partial charge in [-0.2, -0.15) is 0 Å². The maximum atomic E-state index is 11.7. The summed E-state index contributed by atoms with van der Waals surface area (Å²) in [4.78, 5) is 27.3. The van der Waals surface area contributed by atoms with E-state index in [1.807, 2.05) is 0 Å². The summed E-state index contributed by atoms with van der Waals surface area (Å²) in [7, 11) is 1.35. The molecule has 0 radical (unpaired) electrons. The van der Waals surface area contributed by atoms with Crippen molar-refractivity contribution >= 4 is 29.4 Å². The van der Waals surface area contributed by atoms with Crippen LogP contribution in [0.3, 0.4) is 0 Å². The third-order valence-electron chi connectivity index (χ3n) is 1.93. The van der Waals surface area contributed by atoms with Crippen molar-refractivity contribution in [1.29, 1.82) is 0 Å². The van der Waals surface area contributed by atoms with E-state index in [2.05, 4.69) is 20.8 Å². The molecule has 0 aliphatic carbocycles. The van der Waals surface area contributed by atoms with E-state index in [0.29, 0.717) is 11.6 Å². The zero-order valence-corrected chi connectivity index (χ0v) is 11.2. The molecule has 1 aromatic heterocycles. The van der Waals surface area contributed by atoms with Crippen LogP contribution < -0.4 is 10.8 Å². The number of hydrogen-bond acceptors (Lipinski definition) is 6. The van der Waals surface area contributed by atoms with Crippen LogP contribution in [0.1, 0.15) is 12.7 Å². The van der Waals surface area contributed by atoms with E-state index in [9.17, 15) is 9.59 Å². The molecule has 2 N–H and O–H groups in total. The highest BCUT2D eigenvalue weighted by Crippen LogP contribution is 2.13. The Morgan fingerprint density at radius 3 is 2.89 bits per heavy atom. The van der Waals surface area contributed by atoms with Gasteiger partial charge in [-0.15, -0.1) is 11.8 Å². The summed E-state index contributed by atoms with van der Waals surface area (Å²) >= 11 is 1.20. The predicted molar refractivity (Wildman–Crippen MR) is 66.9 cm³/mol. The molecule has 0 fully saturated rings. The first-order valence-corrected chi connectivity index (χ1v) is 6.25. The van der Waals surface area contributed by atoms with Gasteiger partial charge in [0.25, 0.3) is 5.91 Å². The Hall–Kier alpha value is -1.54. The minimum Gasteiger partial charge on any atom is -0.360 e. The summed E-state index contributed by atoms with van der Waals surface area (Å²) in [6.45, 7) is 3.43. The van der Waals surface area contributed by atoms with Crippen LogP contribution in [0.2, 0.25) is 0 Å². The average molecular weight is 273 g/mol. The summed E-state index contributed by atoms with van der Waals surface area (Å²) in [6, 6.07) is 1.62. The fourth-order valence-corrected chi connectivity index (χ4v) is 1.74. The molecule has 1 heterocycles. The minimum absolute atomic E-state index is 0.139. The molecule has 0 aliphatic heterocycles. The minimum atomic E-state index is -0.385.